The minimum absolute atomic E-state index is 0.243. The summed E-state index contributed by atoms with van der Waals surface area (Å²) >= 11 is 0. The van der Waals surface area contributed by atoms with Gasteiger partial charge in [-0.2, -0.15) is 0 Å². The topological polar surface area (TPSA) is 54.7 Å². The molecule has 0 aliphatic rings. The van der Waals surface area contributed by atoms with Crippen molar-refractivity contribution in [3.63, 3.8) is 0 Å². The first-order valence-electron chi connectivity index (χ1n) is 7.02. The van der Waals surface area contributed by atoms with Gasteiger partial charge in [-0.05, 0) is 37.5 Å². The summed E-state index contributed by atoms with van der Waals surface area (Å²) in [5.41, 5.74) is 10.3. The predicted molar refractivity (Wildman–Crippen MR) is 83.5 cm³/mol. The molecule has 3 nitrogen and oxygen atoms in total. The predicted octanol–water partition coefficient (Wildman–Crippen LogP) is 3.51. The van der Waals surface area contributed by atoms with Crippen LogP contribution < -0.4 is 5.73 Å². The van der Waals surface area contributed by atoms with Gasteiger partial charge in [-0.1, -0.05) is 36.4 Å². The number of H-pyrrole nitrogens is 1. The van der Waals surface area contributed by atoms with Crippen LogP contribution in [0.4, 0.5) is 0 Å². The molecule has 1 atom stereocenters. The van der Waals surface area contributed by atoms with Crippen molar-refractivity contribution in [2.45, 2.75) is 25.8 Å². The van der Waals surface area contributed by atoms with E-state index in [9.17, 15) is 0 Å². The van der Waals surface area contributed by atoms with E-state index in [-0.39, 0.29) is 6.04 Å². The van der Waals surface area contributed by atoms with E-state index in [1.165, 1.54) is 5.56 Å². The number of nitrogens with zero attached hydrogens (tertiary/aromatic N) is 1. The smallest absolute Gasteiger partial charge is 0.138 e. The molecule has 3 rings (SSSR count). The lowest BCUT2D eigenvalue weighted by Gasteiger charge is -2.04. The Kier molecular flexibility index (Phi) is 3.52. The van der Waals surface area contributed by atoms with Crippen LogP contribution in [0.3, 0.4) is 0 Å². The molecule has 3 heteroatoms. The number of aryl methyl sites for hydroxylation is 1. The molecule has 1 aromatic heterocycles. The maximum absolute atomic E-state index is 5.81. The van der Waals surface area contributed by atoms with Gasteiger partial charge in [0.15, 0.2) is 0 Å². The Balaban J connectivity index is 1.91. The molecule has 0 saturated carbocycles. The molecule has 1 unspecified atom stereocenters. The molecule has 0 aliphatic carbocycles. The standard InChI is InChI=1S/C17H19N3/c1-12(18)7-8-13-9-10-15-16(11-13)20-17(19-15)14-5-3-2-4-6-14/h2-6,9-12H,7-8,18H2,1H3,(H,19,20). The molecule has 1 heterocycles. The van der Waals surface area contributed by atoms with E-state index >= 15 is 0 Å². The second kappa shape index (κ2) is 5.47. The summed E-state index contributed by atoms with van der Waals surface area (Å²) in [6.45, 7) is 2.04. The third kappa shape index (κ3) is 2.73. The molecular weight excluding hydrogens is 246 g/mol. The van der Waals surface area contributed by atoms with E-state index in [4.69, 9.17) is 5.73 Å². The average Bonchev–Trinajstić information content (AvgIpc) is 2.89. The van der Waals surface area contributed by atoms with Crippen LogP contribution in [-0.4, -0.2) is 16.0 Å². The molecule has 20 heavy (non-hydrogen) atoms. The molecule has 3 N–H and O–H groups in total. The Bertz CT molecular complexity index is 699. The van der Waals surface area contributed by atoms with E-state index in [2.05, 4.69) is 40.3 Å². The van der Waals surface area contributed by atoms with Crippen molar-refractivity contribution in [2.24, 2.45) is 5.73 Å². The summed E-state index contributed by atoms with van der Waals surface area (Å²) in [6, 6.07) is 16.8. The third-order valence-electron chi connectivity index (χ3n) is 3.48. The average molecular weight is 265 g/mol. The Morgan fingerprint density at radius 1 is 1.15 bits per heavy atom. The summed E-state index contributed by atoms with van der Waals surface area (Å²) in [6.07, 6.45) is 2.01. The fourth-order valence-electron chi connectivity index (χ4n) is 2.34. The lowest BCUT2D eigenvalue weighted by Crippen LogP contribution is -2.15. The highest BCUT2D eigenvalue weighted by atomic mass is 14.9. The molecule has 0 fully saturated rings. The van der Waals surface area contributed by atoms with Crippen LogP contribution in [0, 0.1) is 0 Å². The number of aromatic amines is 1. The Morgan fingerprint density at radius 3 is 2.70 bits per heavy atom. The van der Waals surface area contributed by atoms with Gasteiger partial charge in [0.1, 0.15) is 5.82 Å². The van der Waals surface area contributed by atoms with Crippen molar-refractivity contribution in [3.8, 4) is 11.4 Å². The quantitative estimate of drug-likeness (QED) is 0.758. The lowest BCUT2D eigenvalue weighted by atomic mass is 10.1. The van der Waals surface area contributed by atoms with Crippen molar-refractivity contribution in [1.82, 2.24) is 9.97 Å². The molecular formula is C17H19N3. The summed E-state index contributed by atoms with van der Waals surface area (Å²) in [5.74, 6) is 0.921. The van der Waals surface area contributed by atoms with Crippen molar-refractivity contribution < 1.29 is 0 Å². The molecule has 2 aromatic carbocycles. The van der Waals surface area contributed by atoms with Gasteiger partial charge in [-0.25, -0.2) is 4.98 Å². The van der Waals surface area contributed by atoms with Crippen molar-refractivity contribution in [2.75, 3.05) is 0 Å². The van der Waals surface area contributed by atoms with Crippen molar-refractivity contribution >= 4 is 11.0 Å². The zero-order valence-electron chi connectivity index (χ0n) is 11.6. The zero-order chi connectivity index (χ0) is 13.9. The molecule has 0 spiro atoms. The highest BCUT2D eigenvalue weighted by Gasteiger charge is 2.06. The summed E-state index contributed by atoms with van der Waals surface area (Å²) < 4.78 is 0. The highest BCUT2D eigenvalue weighted by molar-refractivity contribution is 5.80. The van der Waals surface area contributed by atoms with Crippen LogP contribution in [0.1, 0.15) is 18.9 Å². The van der Waals surface area contributed by atoms with Gasteiger partial charge >= 0.3 is 0 Å². The number of hydrogen-bond donors (Lipinski definition) is 2. The third-order valence-corrected chi connectivity index (χ3v) is 3.48. The largest absolute Gasteiger partial charge is 0.338 e. The number of rotatable bonds is 4. The first-order valence-corrected chi connectivity index (χ1v) is 7.02. The number of imidazole rings is 1. The van der Waals surface area contributed by atoms with E-state index in [0.29, 0.717) is 0 Å². The second-order valence-electron chi connectivity index (χ2n) is 5.32. The van der Waals surface area contributed by atoms with E-state index in [1.54, 1.807) is 0 Å². The number of nitrogens with one attached hydrogen (secondary N) is 1. The first-order chi connectivity index (χ1) is 9.72. The summed E-state index contributed by atoms with van der Waals surface area (Å²) in [7, 11) is 0. The van der Waals surface area contributed by atoms with Gasteiger partial charge in [0.05, 0.1) is 11.0 Å². The minimum atomic E-state index is 0.243. The van der Waals surface area contributed by atoms with Crippen molar-refractivity contribution in [1.29, 1.82) is 0 Å². The molecule has 0 amide bonds. The van der Waals surface area contributed by atoms with Crippen LogP contribution in [0.5, 0.6) is 0 Å². The van der Waals surface area contributed by atoms with E-state index in [0.717, 1.165) is 35.3 Å². The minimum Gasteiger partial charge on any atom is -0.338 e. The zero-order valence-corrected chi connectivity index (χ0v) is 11.6. The van der Waals surface area contributed by atoms with Crippen LogP contribution in [-0.2, 0) is 6.42 Å². The molecule has 0 saturated heterocycles. The van der Waals surface area contributed by atoms with Crippen molar-refractivity contribution in [3.05, 3.63) is 54.1 Å². The Labute approximate surface area is 118 Å². The molecule has 0 radical (unpaired) electrons. The lowest BCUT2D eigenvalue weighted by molar-refractivity contribution is 0.666. The maximum Gasteiger partial charge on any atom is 0.138 e. The Hall–Kier alpha value is -2.13. The fourth-order valence-corrected chi connectivity index (χ4v) is 2.34. The monoisotopic (exact) mass is 265 g/mol. The summed E-state index contributed by atoms with van der Waals surface area (Å²) in [5, 5.41) is 0. The normalized spacial score (nSPS) is 12.7. The van der Waals surface area contributed by atoms with Gasteiger partial charge in [0.25, 0.3) is 0 Å². The SMILES string of the molecule is CC(N)CCc1ccc2nc(-c3ccccc3)[nH]c2c1. The number of nitrogens with two attached hydrogens (primary N) is 1. The van der Waals surface area contributed by atoms with E-state index in [1.807, 2.05) is 25.1 Å². The maximum atomic E-state index is 5.81. The van der Waals surface area contributed by atoms with Gasteiger partial charge in [-0.15, -0.1) is 0 Å². The first kappa shape index (κ1) is 12.9. The number of aromatic nitrogens is 2. The van der Waals surface area contributed by atoms with Gasteiger partial charge in [-0.3, -0.25) is 0 Å². The number of benzene rings is 2. The number of fused-ring (bicyclic) bond motifs is 1. The van der Waals surface area contributed by atoms with Gasteiger partial charge in [0, 0.05) is 11.6 Å². The van der Waals surface area contributed by atoms with Crippen LogP contribution in [0.2, 0.25) is 0 Å². The Morgan fingerprint density at radius 2 is 1.95 bits per heavy atom. The van der Waals surface area contributed by atoms with Gasteiger partial charge in [0.2, 0.25) is 0 Å². The molecule has 102 valence electrons. The fraction of sp³-hybridized carbons (Fsp3) is 0.235. The van der Waals surface area contributed by atoms with E-state index < -0.39 is 0 Å². The molecule has 0 bridgehead atoms. The van der Waals surface area contributed by atoms with Crippen LogP contribution in [0.25, 0.3) is 22.4 Å². The molecule has 3 aromatic rings. The van der Waals surface area contributed by atoms with Gasteiger partial charge < -0.3 is 10.7 Å². The second-order valence-corrected chi connectivity index (χ2v) is 5.32. The number of hydrogen-bond acceptors (Lipinski definition) is 2. The summed E-state index contributed by atoms with van der Waals surface area (Å²) in [4.78, 5) is 8.04. The highest BCUT2D eigenvalue weighted by Crippen LogP contribution is 2.21. The molecule has 0 aliphatic heterocycles. The van der Waals surface area contributed by atoms with Crippen LogP contribution in [0.15, 0.2) is 48.5 Å². The van der Waals surface area contributed by atoms with Crippen LogP contribution >= 0.6 is 0 Å².